The number of hydrogen-bond donors (Lipinski definition) is 2. The van der Waals surface area contributed by atoms with E-state index in [2.05, 4.69) is 19.2 Å². The standard InChI is InChI=1S/C11H17NO/c1-8(2)12-7-10-6-4-5-9(3)11(10)13/h4-6,8,12-13H,7H2,1-3H3. The Kier molecular flexibility index (Phi) is 3.32. The number of rotatable bonds is 3. The molecule has 0 spiro atoms. The minimum absolute atomic E-state index is 0.413. The summed E-state index contributed by atoms with van der Waals surface area (Å²) in [7, 11) is 0. The molecule has 0 radical (unpaired) electrons. The highest BCUT2D eigenvalue weighted by molar-refractivity contribution is 5.39. The summed E-state index contributed by atoms with van der Waals surface area (Å²) < 4.78 is 0. The fourth-order valence-corrected chi connectivity index (χ4v) is 1.18. The van der Waals surface area contributed by atoms with Crippen molar-refractivity contribution < 1.29 is 5.11 Å². The van der Waals surface area contributed by atoms with Gasteiger partial charge in [-0.05, 0) is 12.5 Å². The monoisotopic (exact) mass is 179 g/mol. The van der Waals surface area contributed by atoms with Gasteiger partial charge in [-0.3, -0.25) is 0 Å². The maximum Gasteiger partial charge on any atom is 0.122 e. The molecule has 0 fully saturated rings. The zero-order valence-corrected chi connectivity index (χ0v) is 8.46. The van der Waals surface area contributed by atoms with Crippen molar-refractivity contribution in [3.8, 4) is 5.75 Å². The normalized spacial score (nSPS) is 10.8. The second-order valence-corrected chi connectivity index (χ2v) is 3.62. The van der Waals surface area contributed by atoms with E-state index in [4.69, 9.17) is 0 Å². The van der Waals surface area contributed by atoms with E-state index < -0.39 is 0 Å². The Balaban J connectivity index is 2.71. The molecule has 0 atom stereocenters. The SMILES string of the molecule is Cc1cccc(CNC(C)C)c1O. The van der Waals surface area contributed by atoms with Crippen LogP contribution in [0.5, 0.6) is 5.75 Å². The van der Waals surface area contributed by atoms with Crippen molar-refractivity contribution in [1.29, 1.82) is 0 Å². The van der Waals surface area contributed by atoms with Crippen molar-refractivity contribution in [1.82, 2.24) is 5.32 Å². The van der Waals surface area contributed by atoms with Crippen molar-refractivity contribution in [3.05, 3.63) is 29.3 Å². The van der Waals surface area contributed by atoms with Gasteiger partial charge in [0.2, 0.25) is 0 Å². The third-order valence-corrected chi connectivity index (χ3v) is 2.02. The van der Waals surface area contributed by atoms with E-state index >= 15 is 0 Å². The first-order chi connectivity index (χ1) is 6.11. The molecular weight excluding hydrogens is 162 g/mol. The third-order valence-electron chi connectivity index (χ3n) is 2.02. The van der Waals surface area contributed by atoms with Gasteiger partial charge in [-0.15, -0.1) is 0 Å². The maximum absolute atomic E-state index is 9.67. The van der Waals surface area contributed by atoms with Gasteiger partial charge in [0.05, 0.1) is 0 Å². The van der Waals surface area contributed by atoms with Crippen LogP contribution < -0.4 is 5.32 Å². The van der Waals surface area contributed by atoms with Crippen LogP contribution >= 0.6 is 0 Å². The molecule has 2 heteroatoms. The molecule has 2 nitrogen and oxygen atoms in total. The molecule has 0 aliphatic rings. The molecule has 72 valence electrons. The molecule has 1 aromatic rings. The molecule has 0 saturated heterocycles. The fraction of sp³-hybridized carbons (Fsp3) is 0.455. The maximum atomic E-state index is 9.67. The van der Waals surface area contributed by atoms with Crippen LogP contribution in [0.25, 0.3) is 0 Å². The van der Waals surface area contributed by atoms with Gasteiger partial charge in [0, 0.05) is 18.2 Å². The average molecular weight is 179 g/mol. The first-order valence-corrected chi connectivity index (χ1v) is 4.62. The lowest BCUT2D eigenvalue weighted by Gasteiger charge is -2.10. The Hall–Kier alpha value is -1.02. The molecule has 0 saturated carbocycles. The molecular formula is C11H17NO. The lowest BCUT2D eigenvalue weighted by molar-refractivity contribution is 0.457. The van der Waals surface area contributed by atoms with Crippen LogP contribution in [-0.2, 0) is 6.54 Å². The van der Waals surface area contributed by atoms with Gasteiger partial charge in [0.25, 0.3) is 0 Å². The van der Waals surface area contributed by atoms with Crippen LogP contribution in [0, 0.1) is 6.92 Å². The van der Waals surface area contributed by atoms with Crippen LogP contribution in [0.15, 0.2) is 18.2 Å². The van der Waals surface area contributed by atoms with E-state index in [1.807, 2.05) is 25.1 Å². The minimum Gasteiger partial charge on any atom is -0.507 e. The zero-order chi connectivity index (χ0) is 9.84. The molecule has 1 aromatic carbocycles. The molecule has 0 amide bonds. The molecule has 2 N–H and O–H groups in total. The van der Waals surface area contributed by atoms with Crippen molar-refractivity contribution >= 4 is 0 Å². The first-order valence-electron chi connectivity index (χ1n) is 4.62. The summed E-state index contributed by atoms with van der Waals surface area (Å²) in [4.78, 5) is 0. The summed E-state index contributed by atoms with van der Waals surface area (Å²) in [5.41, 5.74) is 1.90. The number of nitrogens with one attached hydrogen (secondary N) is 1. The lowest BCUT2D eigenvalue weighted by Crippen LogP contribution is -2.21. The van der Waals surface area contributed by atoms with E-state index in [0.717, 1.165) is 17.7 Å². The molecule has 0 aliphatic carbocycles. The van der Waals surface area contributed by atoms with Crippen molar-refractivity contribution in [2.75, 3.05) is 0 Å². The fourth-order valence-electron chi connectivity index (χ4n) is 1.18. The van der Waals surface area contributed by atoms with Gasteiger partial charge in [0.1, 0.15) is 5.75 Å². The summed E-state index contributed by atoms with van der Waals surface area (Å²) in [6, 6.07) is 6.26. The Morgan fingerprint density at radius 1 is 1.38 bits per heavy atom. The zero-order valence-electron chi connectivity index (χ0n) is 8.46. The number of aryl methyl sites for hydroxylation is 1. The van der Waals surface area contributed by atoms with Crippen molar-refractivity contribution in [2.24, 2.45) is 0 Å². The molecule has 0 bridgehead atoms. The van der Waals surface area contributed by atoms with Crippen LogP contribution in [0.2, 0.25) is 0 Å². The topological polar surface area (TPSA) is 32.3 Å². The van der Waals surface area contributed by atoms with Crippen molar-refractivity contribution in [3.63, 3.8) is 0 Å². The Morgan fingerprint density at radius 2 is 2.08 bits per heavy atom. The van der Waals surface area contributed by atoms with Gasteiger partial charge < -0.3 is 10.4 Å². The minimum atomic E-state index is 0.413. The Morgan fingerprint density at radius 3 is 2.69 bits per heavy atom. The lowest BCUT2D eigenvalue weighted by atomic mass is 10.1. The summed E-state index contributed by atoms with van der Waals surface area (Å²) >= 11 is 0. The quantitative estimate of drug-likeness (QED) is 0.745. The first kappa shape index (κ1) is 10.1. The Labute approximate surface area is 79.6 Å². The summed E-state index contributed by atoms with van der Waals surface area (Å²) in [6.07, 6.45) is 0. The molecule has 0 aliphatic heterocycles. The van der Waals surface area contributed by atoms with E-state index in [0.29, 0.717) is 11.8 Å². The predicted molar refractivity (Wildman–Crippen MR) is 54.8 cm³/mol. The van der Waals surface area contributed by atoms with Crippen LogP contribution in [-0.4, -0.2) is 11.1 Å². The van der Waals surface area contributed by atoms with Crippen molar-refractivity contribution in [2.45, 2.75) is 33.4 Å². The van der Waals surface area contributed by atoms with Crippen LogP contribution in [0.4, 0.5) is 0 Å². The van der Waals surface area contributed by atoms with Gasteiger partial charge in [-0.2, -0.15) is 0 Å². The molecule has 0 aromatic heterocycles. The van der Waals surface area contributed by atoms with Gasteiger partial charge in [-0.1, -0.05) is 32.0 Å². The molecule has 0 unspecified atom stereocenters. The Bertz CT molecular complexity index is 281. The smallest absolute Gasteiger partial charge is 0.122 e. The number of benzene rings is 1. The summed E-state index contributed by atoms with van der Waals surface area (Å²) in [5, 5.41) is 12.9. The largest absolute Gasteiger partial charge is 0.507 e. The second kappa shape index (κ2) is 4.28. The van der Waals surface area contributed by atoms with Crippen LogP contribution in [0.1, 0.15) is 25.0 Å². The highest BCUT2D eigenvalue weighted by Gasteiger charge is 2.03. The predicted octanol–water partition coefficient (Wildman–Crippen LogP) is 2.20. The second-order valence-electron chi connectivity index (χ2n) is 3.62. The number of hydrogen-bond acceptors (Lipinski definition) is 2. The van der Waals surface area contributed by atoms with E-state index in [1.165, 1.54) is 0 Å². The number of aromatic hydroxyl groups is 1. The van der Waals surface area contributed by atoms with E-state index in [9.17, 15) is 5.11 Å². The van der Waals surface area contributed by atoms with Gasteiger partial charge in [-0.25, -0.2) is 0 Å². The van der Waals surface area contributed by atoms with Gasteiger partial charge in [0.15, 0.2) is 0 Å². The molecule has 13 heavy (non-hydrogen) atoms. The summed E-state index contributed by atoms with van der Waals surface area (Å²) in [5.74, 6) is 0.413. The third kappa shape index (κ3) is 2.74. The summed E-state index contributed by atoms with van der Waals surface area (Å²) in [6.45, 7) is 6.82. The highest BCUT2D eigenvalue weighted by Crippen LogP contribution is 2.20. The van der Waals surface area contributed by atoms with Crippen LogP contribution in [0.3, 0.4) is 0 Å². The number of phenolic OH excluding ortho intramolecular Hbond substituents is 1. The average Bonchev–Trinajstić information content (AvgIpc) is 2.07. The molecule has 1 rings (SSSR count). The highest BCUT2D eigenvalue weighted by atomic mass is 16.3. The number of para-hydroxylation sites is 1. The van der Waals surface area contributed by atoms with E-state index in [-0.39, 0.29) is 0 Å². The van der Waals surface area contributed by atoms with Gasteiger partial charge >= 0.3 is 0 Å². The molecule has 0 heterocycles. The number of phenols is 1. The van der Waals surface area contributed by atoms with E-state index in [1.54, 1.807) is 0 Å².